The second-order valence-electron chi connectivity index (χ2n) is 3.80. The molecule has 0 unspecified atom stereocenters. The summed E-state index contributed by atoms with van der Waals surface area (Å²) in [5, 5.41) is 0. The molecule has 0 saturated heterocycles. The largest absolute Gasteiger partial charge is 0.375 e. The average molecular weight is 461 g/mol. The Balaban J connectivity index is 0.00000180. The van der Waals surface area contributed by atoms with Gasteiger partial charge in [0.05, 0.1) is 0 Å². The normalized spacial score (nSPS) is 14.7. The first kappa shape index (κ1) is 17.3. The molecule has 0 N–H and O–H groups in total. The van der Waals surface area contributed by atoms with Gasteiger partial charge in [0.25, 0.3) is 0 Å². The maximum Gasteiger partial charge on any atom is 0.122 e. The molecule has 97 valence electrons. The molecular formula is C14H11Br2FNY-. The molecule has 0 aromatic heterocycles. The minimum Gasteiger partial charge on any atom is -0.375 e. The summed E-state index contributed by atoms with van der Waals surface area (Å²) in [5.41, 5.74) is 2.66. The number of likely N-dealkylation sites (N-methyl/N-ethyl adjacent to an activating group) is 1. The Bertz CT molecular complexity index is 567. The van der Waals surface area contributed by atoms with Gasteiger partial charge in [-0.1, -0.05) is 38.3 Å². The monoisotopic (exact) mass is 459 g/mol. The Morgan fingerprint density at radius 3 is 2.63 bits per heavy atom. The summed E-state index contributed by atoms with van der Waals surface area (Å²) in [7, 11) is 0. The summed E-state index contributed by atoms with van der Waals surface area (Å²) >= 11 is 6.82. The van der Waals surface area contributed by atoms with E-state index in [1.54, 1.807) is 6.07 Å². The van der Waals surface area contributed by atoms with E-state index in [0.29, 0.717) is 4.47 Å². The molecular weight excluding hydrogens is 450 g/mol. The number of allylic oxidation sites excluding steroid dienone is 3. The van der Waals surface area contributed by atoms with Crippen molar-refractivity contribution in [3.8, 4) is 0 Å². The van der Waals surface area contributed by atoms with Gasteiger partial charge in [-0.25, -0.2) is 4.39 Å². The van der Waals surface area contributed by atoms with Crippen LogP contribution in [0, 0.1) is 11.9 Å². The third-order valence-electron chi connectivity index (χ3n) is 2.71. The van der Waals surface area contributed by atoms with E-state index >= 15 is 0 Å². The first-order chi connectivity index (χ1) is 8.54. The van der Waals surface area contributed by atoms with Crippen molar-refractivity contribution in [2.45, 2.75) is 6.92 Å². The van der Waals surface area contributed by atoms with Crippen molar-refractivity contribution in [2.75, 3.05) is 6.54 Å². The number of halogens is 3. The fraction of sp³-hybridized carbons (Fsp3) is 0.143. The van der Waals surface area contributed by atoms with E-state index in [2.05, 4.69) is 44.5 Å². The number of rotatable bonds is 2. The van der Waals surface area contributed by atoms with E-state index in [-0.39, 0.29) is 38.5 Å². The van der Waals surface area contributed by atoms with Crippen LogP contribution in [0.5, 0.6) is 0 Å². The van der Waals surface area contributed by atoms with Gasteiger partial charge >= 0.3 is 0 Å². The number of hydrogen-bond donors (Lipinski definition) is 0. The molecule has 1 heterocycles. The van der Waals surface area contributed by atoms with E-state index in [9.17, 15) is 4.39 Å². The third kappa shape index (κ3) is 3.66. The summed E-state index contributed by atoms with van der Waals surface area (Å²) in [6.07, 6.45) is 5.03. The standard InChI is InChI=1S/C14H11Br2FN.Y/c1-3-18-9(2)12(15)6-7-14(18)11-5-4-10(17)8-13(11)16;/h4-6,8H,2-3H2,1H3;/q-1;. The Labute approximate surface area is 154 Å². The van der Waals surface area contributed by atoms with Crippen molar-refractivity contribution in [2.24, 2.45) is 0 Å². The van der Waals surface area contributed by atoms with Crippen LogP contribution in [0.3, 0.4) is 0 Å². The molecule has 0 spiro atoms. The second-order valence-corrected chi connectivity index (χ2v) is 5.51. The van der Waals surface area contributed by atoms with Gasteiger partial charge in [0, 0.05) is 39.3 Å². The fourth-order valence-electron chi connectivity index (χ4n) is 1.81. The van der Waals surface area contributed by atoms with E-state index in [1.165, 1.54) is 12.1 Å². The molecule has 0 fully saturated rings. The van der Waals surface area contributed by atoms with Crippen LogP contribution < -0.4 is 0 Å². The minimum absolute atomic E-state index is 0. The Morgan fingerprint density at radius 1 is 1.37 bits per heavy atom. The topological polar surface area (TPSA) is 3.24 Å². The SMILES string of the molecule is C=C1C(Br)=C[C-]=C(c2ccc(F)cc2Br)N1CC.[Y]. The molecule has 0 bridgehead atoms. The molecule has 1 nitrogen and oxygen atoms in total. The predicted octanol–water partition coefficient (Wildman–Crippen LogP) is 4.86. The molecule has 1 aromatic rings. The quantitative estimate of drug-likeness (QED) is 0.570. The summed E-state index contributed by atoms with van der Waals surface area (Å²) in [6.45, 7) is 6.84. The fourth-order valence-corrected chi connectivity index (χ4v) is 2.68. The Morgan fingerprint density at radius 2 is 2.05 bits per heavy atom. The van der Waals surface area contributed by atoms with Crippen LogP contribution in [0.1, 0.15) is 12.5 Å². The zero-order valence-corrected chi connectivity index (χ0v) is 16.4. The van der Waals surface area contributed by atoms with E-state index in [1.807, 2.05) is 17.9 Å². The maximum absolute atomic E-state index is 13.1. The van der Waals surface area contributed by atoms with Crippen molar-refractivity contribution in [3.05, 3.63) is 63.0 Å². The molecule has 1 aliphatic heterocycles. The van der Waals surface area contributed by atoms with Crippen molar-refractivity contribution in [1.82, 2.24) is 4.90 Å². The van der Waals surface area contributed by atoms with Crippen molar-refractivity contribution >= 4 is 37.6 Å². The van der Waals surface area contributed by atoms with Gasteiger partial charge in [-0.2, -0.15) is 12.2 Å². The first-order valence-corrected chi connectivity index (χ1v) is 7.04. The molecule has 1 aliphatic rings. The van der Waals surface area contributed by atoms with E-state index in [0.717, 1.165) is 28.0 Å². The molecule has 5 heteroatoms. The molecule has 2 rings (SSSR count). The number of benzene rings is 1. The molecule has 1 aromatic carbocycles. The molecule has 1 radical (unpaired) electrons. The average Bonchev–Trinajstić information content (AvgIpc) is 2.33. The van der Waals surface area contributed by atoms with Crippen molar-refractivity contribution in [3.63, 3.8) is 0 Å². The van der Waals surface area contributed by atoms with Crippen LogP contribution in [0.2, 0.25) is 0 Å². The Hall–Kier alpha value is 0.234. The molecule has 0 amide bonds. The zero-order valence-electron chi connectivity index (χ0n) is 10.4. The molecule has 19 heavy (non-hydrogen) atoms. The van der Waals surface area contributed by atoms with Crippen LogP contribution in [0.15, 0.2) is 45.5 Å². The van der Waals surface area contributed by atoms with E-state index in [4.69, 9.17) is 0 Å². The zero-order chi connectivity index (χ0) is 13.3. The minimum atomic E-state index is -0.263. The number of hydrogen-bond acceptors (Lipinski definition) is 1. The van der Waals surface area contributed by atoms with Gasteiger partial charge in [-0.3, -0.25) is 0 Å². The van der Waals surface area contributed by atoms with Crippen molar-refractivity contribution < 1.29 is 37.1 Å². The summed E-state index contributed by atoms with van der Waals surface area (Å²) in [5.74, 6) is -0.263. The molecule has 0 saturated carbocycles. The van der Waals surface area contributed by atoms with Crippen LogP contribution in [0.4, 0.5) is 4.39 Å². The Kier molecular flexibility index (Phi) is 6.64. The van der Waals surface area contributed by atoms with Crippen LogP contribution in [-0.4, -0.2) is 11.4 Å². The second kappa shape index (κ2) is 7.30. The van der Waals surface area contributed by atoms with E-state index < -0.39 is 0 Å². The van der Waals surface area contributed by atoms with Gasteiger partial charge in [0.15, 0.2) is 0 Å². The van der Waals surface area contributed by atoms with Gasteiger partial charge in [-0.05, 0) is 29.2 Å². The first-order valence-electron chi connectivity index (χ1n) is 5.46. The van der Waals surface area contributed by atoms with Crippen LogP contribution in [-0.2, 0) is 32.7 Å². The smallest absolute Gasteiger partial charge is 0.122 e. The van der Waals surface area contributed by atoms with Crippen molar-refractivity contribution in [1.29, 1.82) is 0 Å². The molecule has 0 atom stereocenters. The van der Waals surface area contributed by atoms with Crippen LogP contribution in [0.25, 0.3) is 5.70 Å². The van der Waals surface area contributed by atoms with Gasteiger partial charge in [0.2, 0.25) is 0 Å². The van der Waals surface area contributed by atoms with Crippen LogP contribution >= 0.6 is 31.9 Å². The summed E-state index contributed by atoms with van der Waals surface area (Å²) in [4.78, 5) is 2.03. The summed E-state index contributed by atoms with van der Waals surface area (Å²) < 4.78 is 14.7. The summed E-state index contributed by atoms with van der Waals surface area (Å²) in [6, 6.07) is 4.64. The van der Waals surface area contributed by atoms with Gasteiger partial charge < -0.3 is 4.90 Å². The van der Waals surface area contributed by atoms with Gasteiger partial charge in [0.1, 0.15) is 5.82 Å². The number of nitrogens with zero attached hydrogens (tertiary/aromatic N) is 1. The predicted molar refractivity (Wildman–Crippen MR) is 79.3 cm³/mol. The maximum atomic E-state index is 13.1. The molecule has 0 aliphatic carbocycles. The third-order valence-corrected chi connectivity index (χ3v) is 4.05. The van der Waals surface area contributed by atoms with Gasteiger partial charge in [-0.15, -0.1) is 22.0 Å².